The second kappa shape index (κ2) is 7.50. The van der Waals surface area contributed by atoms with Gasteiger partial charge in [-0.25, -0.2) is 0 Å². The van der Waals surface area contributed by atoms with Crippen molar-refractivity contribution in [3.05, 3.63) is 59.7 Å². The molecule has 0 unspecified atom stereocenters. The number of amides is 1. The zero-order valence-electron chi connectivity index (χ0n) is 13.1. The fraction of sp³-hybridized carbons (Fsp3) is 0.278. The molecule has 0 aliphatic carbocycles. The van der Waals surface area contributed by atoms with Crippen LogP contribution < -0.4 is 10.5 Å². The second-order valence-electron chi connectivity index (χ2n) is 5.35. The van der Waals surface area contributed by atoms with Crippen LogP contribution in [0.1, 0.15) is 11.1 Å². The van der Waals surface area contributed by atoms with E-state index in [0.29, 0.717) is 25.3 Å². The number of carbonyl (C=O) groups excluding carboxylic acids is 1. The van der Waals surface area contributed by atoms with Crippen molar-refractivity contribution in [2.24, 2.45) is 0 Å². The van der Waals surface area contributed by atoms with E-state index in [2.05, 4.69) is 0 Å². The molecule has 0 heterocycles. The van der Waals surface area contributed by atoms with Crippen LogP contribution in [-0.4, -0.2) is 31.0 Å². The predicted molar refractivity (Wildman–Crippen MR) is 88.9 cm³/mol. The molecule has 2 aromatic carbocycles. The minimum Gasteiger partial charge on any atom is -0.491 e. The summed E-state index contributed by atoms with van der Waals surface area (Å²) < 4.78 is 5.71. The lowest BCUT2D eigenvalue weighted by Gasteiger charge is -2.18. The summed E-state index contributed by atoms with van der Waals surface area (Å²) in [4.78, 5) is 13.8. The number of nitrogens with zero attached hydrogens (tertiary/aromatic N) is 1. The molecule has 0 aliphatic heterocycles. The number of hydrogen-bond donors (Lipinski definition) is 1. The Balaban J connectivity index is 1.79. The maximum atomic E-state index is 12.1. The average Bonchev–Trinajstić information content (AvgIpc) is 2.51. The third-order valence-electron chi connectivity index (χ3n) is 3.54. The van der Waals surface area contributed by atoms with Crippen LogP contribution in [0.3, 0.4) is 0 Å². The van der Waals surface area contributed by atoms with Gasteiger partial charge < -0.3 is 15.4 Å². The van der Waals surface area contributed by atoms with Crippen LogP contribution in [0.25, 0.3) is 0 Å². The van der Waals surface area contributed by atoms with Crippen molar-refractivity contribution in [3.63, 3.8) is 0 Å². The Morgan fingerprint density at radius 1 is 1.14 bits per heavy atom. The molecule has 0 spiro atoms. The Morgan fingerprint density at radius 3 is 2.50 bits per heavy atom. The molecule has 2 rings (SSSR count). The quantitative estimate of drug-likeness (QED) is 0.834. The van der Waals surface area contributed by atoms with E-state index in [1.54, 1.807) is 11.9 Å². The summed E-state index contributed by atoms with van der Waals surface area (Å²) in [5.41, 5.74) is 8.40. The molecule has 4 nitrogen and oxygen atoms in total. The molecule has 0 atom stereocenters. The summed E-state index contributed by atoms with van der Waals surface area (Å²) in [6, 6.07) is 15.2. The number of anilines is 1. The highest BCUT2D eigenvalue weighted by atomic mass is 16.5. The Bertz CT molecular complexity index is 623. The Kier molecular flexibility index (Phi) is 5.42. The lowest BCUT2D eigenvalue weighted by atomic mass is 10.1. The van der Waals surface area contributed by atoms with E-state index in [4.69, 9.17) is 10.5 Å². The largest absolute Gasteiger partial charge is 0.491 e. The van der Waals surface area contributed by atoms with Crippen LogP contribution in [-0.2, 0) is 11.2 Å². The van der Waals surface area contributed by atoms with E-state index in [1.165, 1.54) is 0 Å². The molecular formula is C18H22N2O2. The standard InChI is InChI=1S/C18H22N2O2/c1-14-5-3-4-6-17(14)22-12-11-20(2)18(21)13-15-7-9-16(19)10-8-15/h3-10H,11-13,19H2,1-2H3. The third kappa shape index (κ3) is 4.52. The molecule has 0 saturated carbocycles. The zero-order valence-corrected chi connectivity index (χ0v) is 13.1. The van der Waals surface area contributed by atoms with Gasteiger partial charge in [0.1, 0.15) is 12.4 Å². The molecule has 2 N–H and O–H groups in total. The molecule has 116 valence electrons. The number of benzene rings is 2. The van der Waals surface area contributed by atoms with Crippen molar-refractivity contribution in [3.8, 4) is 5.75 Å². The highest BCUT2D eigenvalue weighted by molar-refractivity contribution is 5.78. The number of carbonyl (C=O) groups is 1. The van der Waals surface area contributed by atoms with Crippen molar-refractivity contribution >= 4 is 11.6 Å². The summed E-state index contributed by atoms with van der Waals surface area (Å²) in [6.07, 6.45) is 0.376. The first-order chi connectivity index (χ1) is 10.6. The van der Waals surface area contributed by atoms with Crippen LogP contribution in [0.4, 0.5) is 5.69 Å². The van der Waals surface area contributed by atoms with Gasteiger partial charge in [0.15, 0.2) is 0 Å². The van der Waals surface area contributed by atoms with Gasteiger partial charge >= 0.3 is 0 Å². The zero-order chi connectivity index (χ0) is 15.9. The molecular weight excluding hydrogens is 276 g/mol. The molecule has 0 aliphatic rings. The number of aryl methyl sites for hydroxylation is 1. The van der Waals surface area contributed by atoms with Gasteiger partial charge in [-0.15, -0.1) is 0 Å². The predicted octanol–water partition coefficient (Wildman–Crippen LogP) is 2.66. The minimum absolute atomic E-state index is 0.0677. The van der Waals surface area contributed by atoms with Gasteiger partial charge in [-0.05, 0) is 36.2 Å². The molecule has 0 saturated heterocycles. The summed E-state index contributed by atoms with van der Waals surface area (Å²) >= 11 is 0. The molecule has 0 bridgehead atoms. The van der Waals surface area contributed by atoms with Crippen molar-refractivity contribution in [2.75, 3.05) is 25.9 Å². The van der Waals surface area contributed by atoms with Gasteiger partial charge in [0.05, 0.1) is 13.0 Å². The number of nitrogens with two attached hydrogens (primary N) is 1. The summed E-state index contributed by atoms with van der Waals surface area (Å²) in [5.74, 6) is 0.931. The van der Waals surface area contributed by atoms with Gasteiger partial charge in [-0.3, -0.25) is 4.79 Å². The fourth-order valence-corrected chi connectivity index (χ4v) is 2.08. The Hall–Kier alpha value is -2.49. The number of hydrogen-bond acceptors (Lipinski definition) is 3. The van der Waals surface area contributed by atoms with E-state index in [1.807, 2.05) is 55.5 Å². The molecule has 22 heavy (non-hydrogen) atoms. The lowest BCUT2D eigenvalue weighted by molar-refractivity contribution is -0.129. The first-order valence-corrected chi connectivity index (χ1v) is 7.33. The van der Waals surface area contributed by atoms with Gasteiger partial charge in [0.25, 0.3) is 0 Å². The van der Waals surface area contributed by atoms with Crippen molar-refractivity contribution in [1.29, 1.82) is 0 Å². The molecule has 0 radical (unpaired) electrons. The van der Waals surface area contributed by atoms with Gasteiger partial charge in [-0.2, -0.15) is 0 Å². The van der Waals surface area contributed by atoms with Crippen molar-refractivity contribution in [1.82, 2.24) is 4.90 Å². The highest BCUT2D eigenvalue weighted by Gasteiger charge is 2.10. The van der Waals surface area contributed by atoms with E-state index >= 15 is 0 Å². The SMILES string of the molecule is Cc1ccccc1OCCN(C)C(=O)Cc1ccc(N)cc1. The number of para-hydroxylation sites is 1. The smallest absolute Gasteiger partial charge is 0.226 e. The fourth-order valence-electron chi connectivity index (χ4n) is 2.08. The molecule has 4 heteroatoms. The van der Waals surface area contributed by atoms with Crippen molar-refractivity contribution in [2.45, 2.75) is 13.3 Å². The van der Waals surface area contributed by atoms with E-state index in [-0.39, 0.29) is 5.91 Å². The van der Waals surface area contributed by atoms with Crippen molar-refractivity contribution < 1.29 is 9.53 Å². The first-order valence-electron chi connectivity index (χ1n) is 7.33. The maximum Gasteiger partial charge on any atom is 0.226 e. The number of ether oxygens (including phenoxy) is 1. The third-order valence-corrected chi connectivity index (χ3v) is 3.54. The maximum absolute atomic E-state index is 12.1. The van der Waals surface area contributed by atoms with Crippen LogP contribution in [0.2, 0.25) is 0 Å². The number of rotatable bonds is 6. The average molecular weight is 298 g/mol. The van der Waals surface area contributed by atoms with Gasteiger partial charge in [-0.1, -0.05) is 30.3 Å². The number of likely N-dealkylation sites (N-methyl/N-ethyl adjacent to an activating group) is 1. The van der Waals surface area contributed by atoms with E-state index in [0.717, 1.165) is 16.9 Å². The van der Waals surface area contributed by atoms with Crippen LogP contribution in [0.15, 0.2) is 48.5 Å². The van der Waals surface area contributed by atoms with E-state index in [9.17, 15) is 4.79 Å². The second-order valence-corrected chi connectivity index (χ2v) is 5.35. The van der Waals surface area contributed by atoms with Gasteiger partial charge in [0.2, 0.25) is 5.91 Å². The highest BCUT2D eigenvalue weighted by Crippen LogP contribution is 2.15. The molecule has 2 aromatic rings. The Morgan fingerprint density at radius 2 is 1.82 bits per heavy atom. The van der Waals surface area contributed by atoms with Crippen LogP contribution in [0.5, 0.6) is 5.75 Å². The summed E-state index contributed by atoms with van der Waals surface area (Å²) in [5, 5.41) is 0. The minimum atomic E-state index is 0.0677. The molecule has 1 amide bonds. The van der Waals surface area contributed by atoms with Gasteiger partial charge in [0, 0.05) is 12.7 Å². The molecule has 0 aromatic heterocycles. The summed E-state index contributed by atoms with van der Waals surface area (Å²) in [6.45, 7) is 3.04. The monoisotopic (exact) mass is 298 g/mol. The Labute approximate surface area is 131 Å². The van der Waals surface area contributed by atoms with Crippen LogP contribution in [0, 0.1) is 6.92 Å². The lowest BCUT2D eigenvalue weighted by Crippen LogP contribution is -2.32. The normalized spacial score (nSPS) is 10.3. The molecule has 0 fully saturated rings. The van der Waals surface area contributed by atoms with E-state index < -0.39 is 0 Å². The van der Waals surface area contributed by atoms with Crippen LogP contribution >= 0.6 is 0 Å². The summed E-state index contributed by atoms with van der Waals surface area (Å²) in [7, 11) is 1.79. The number of nitrogen functional groups attached to an aromatic ring is 1. The first kappa shape index (κ1) is 15.9. The topological polar surface area (TPSA) is 55.6 Å².